The van der Waals surface area contributed by atoms with Gasteiger partial charge in [0.25, 0.3) is 0 Å². The molecule has 0 saturated carbocycles. The molecule has 2 rings (SSSR count). The largest absolute Gasteiger partial charge is 0.394 e. The van der Waals surface area contributed by atoms with Crippen LogP contribution in [0.5, 0.6) is 0 Å². The molecule has 0 aliphatic carbocycles. The molecule has 14 heteroatoms. The fraction of sp³-hybridized carbons (Fsp3) is 0.603. The van der Waals surface area contributed by atoms with Gasteiger partial charge < -0.3 is 65.1 Å². The van der Waals surface area contributed by atoms with Crippen molar-refractivity contribution in [1.29, 1.82) is 0 Å². The zero-order chi connectivity index (χ0) is 52.4. The van der Waals surface area contributed by atoms with Crippen LogP contribution in [0.3, 0.4) is 0 Å². The van der Waals surface area contributed by atoms with Crippen LogP contribution in [0.15, 0.2) is 134 Å². The number of nitrogens with one attached hydrogen (secondary N) is 1. The van der Waals surface area contributed by atoms with E-state index in [1.165, 1.54) is 0 Å². The number of hydrogen-bond donors (Lipinski definition) is 9. The molecule has 9 N–H and O–H groups in total. The van der Waals surface area contributed by atoms with Crippen LogP contribution >= 0.6 is 0 Å². The van der Waals surface area contributed by atoms with Gasteiger partial charge in [0.05, 0.1) is 32.0 Å². The molecule has 0 spiro atoms. The third-order valence-corrected chi connectivity index (χ3v) is 11.8. The number of hydrogen-bond acceptors (Lipinski definition) is 13. The molecule has 0 aromatic carbocycles. The number of rotatable bonds is 38. The lowest BCUT2D eigenvalue weighted by Gasteiger charge is -2.46. The summed E-state index contributed by atoms with van der Waals surface area (Å²) in [7, 11) is 0. The van der Waals surface area contributed by atoms with Crippen molar-refractivity contribution in [3.05, 3.63) is 134 Å². The van der Waals surface area contributed by atoms with Crippen LogP contribution in [-0.4, -0.2) is 140 Å². The number of ether oxygens (including phenoxy) is 4. The summed E-state index contributed by atoms with van der Waals surface area (Å²) in [5.74, 6) is -0.306. The standard InChI is InChI=1S/C58H91NO13/c1-3-5-7-9-11-13-15-16-17-18-19-20-21-22-23-24-25-26-27-28-29-30-32-34-36-38-40-42-50(63)59-46(47(62)41-39-37-35-33-31-14-12-10-8-6-4-2)45-69-57-55(68)53(66)56(49(44-61)71-57)72-58-54(67)52(65)51(64)48(43-60)70-58/h5,7-8,10-11,13,16-17,19-20,22-23,25-26,28-29,31-34,39,41,46-49,51-58,60-62,64-68H,3-4,6,9,12,14-15,18,21,24,27,30,35-38,40,42-45H2,1-2H3,(H,59,63)/b7-5-,10-8+,13-11-,17-16-,20-19-,23-22-,26-25-,29-28-,33-31+,34-32-,41-39+. The Morgan fingerprint density at radius 2 is 0.958 bits per heavy atom. The predicted octanol–water partition coefficient (Wildman–Crippen LogP) is 7.65. The highest BCUT2D eigenvalue weighted by molar-refractivity contribution is 5.76. The molecule has 406 valence electrons. The minimum Gasteiger partial charge on any atom is -0.394 e. The zero-order valence-corrected chi connectivity index (χ0v) is 43.1. The van der Waals surface area contributed by atoms with E-state index in [4.69, 9.17) is 18.9 Å². The van der Waals surface area contributed by atoms with Crippen molar-refractivity contribution in [1.82, 2.24) is 5.32 Å². The van der Waals surface area contributed by atoms with E-state index >= 15 is 0 Å². The summed E-state index contributed by atoms with van der Waals surface area (Å²) < 4.78 is 22.6. The van der Waals surface area contributed by atoms with E-state index in [2.05, 4.69) is 141 Å². The molecule has 14 nitrogen and oxygen atoms in total. The fourth-order valence-electron chi connectivity index (χ4n) is 7.52. The topological polar surface area (TPSA) is 228 Å². The molecule has 0 aromatic rings. The number of aliphatic hydroxyl groups is 8. The normalized spacial score (nSPS) is 26.7. The Balaban J connectivity index is 1.81. The molecule has 12 unspecified atom stereocenters. The Morgan fingerprint density at radius 1 is 0.514 bits per heavy atom. The fourth-order valence-corrected chi connectivity index (χ4v) is 7.52. The van der Waals surface area contributed by atoms with Gasteiger partial charge in [0.1, 0.15) is 48.8 Å². The van der Waals surface area contributed by atoms with E-state index in [0.717, 1.165) is 96.3 Å². The van der Waals surface area contributed by atoms with E-state index < -0.39 is 86.8 Å². The Labute approximate surface area is 430 Å². The lowest BCUT2D eigenvalue weighted by atomic mass is 9.97. The van der Waals surface area contributed by atoms with Crippen molar-refractivity contribution in [3.8, 4) is 0 Å². The summed E-state index contributed by atoms with van der Waals surface area (Å²) >= 11 is 0. The summed E-state index contributed by atoms with van der Waals surface area (Å²) in [6.45, 7) is 2.50. The van der Waals surface area contributed by atoms with Gasteiger partial charge in [-0.2, -0.15) is 0 Å². The number of carbonyl (C=O) groups excluding carboxylic acids is 1. The summed E-state index contributed by atoms with van der Waals surface area (Å²) in [4.78, 5) is 13.2. The molecule has 2 aliphatic heterocycles. The van der Waals surface area contributed by atoms with E-state index in [-0.39, 0.29) is 18.9 Å². The van der Waals surface area contributed by atoms with Crippen molar-refractivity contribution >= 4 is 5.91 Å². The van der Waals surface area contributed by atoms with Crippen molar-refractivity contribution in [2.45, 2.75) is 203 Å². The van der Waals surface area contributed by atoms with Crippen LogP contribution in [0.4, 0.5) is 0 Å². The quantitative estimate of drug-likeness (QED) is 0.0214. The van der Waals surface area contributed by atoms with Crippen LogP contribution in [-0.2, 0) is 23.7 Å². The summed E-state index contributed by atoms with van der Waals surface area (Å²) in [5, 5.41) is 86.6. The molecule has 2 fully saturated rings. The van der Waals surface area contributed by atoms with Crippen LogP contribution < -0.4 is 5.32 Å². The first-order chi connectivity index (χ1) is 35.1. The second-order valence-corrected chi connectivity index (χ2v) is 17.9. The third kappa shape index (κ3) is 28.5. The van der Waals surface area contributed by atoms with Gasteiger partial charge in [-0.15, -0.1) is 0 Å². The molecular weight excluding hydrogens is 919 g/mol. The van der Waals surface area contributed by atoms with Crippen molar-refractivity contribution in [2.24, 2.45) is 0 Å². The SMILES string of the molecule is CC/C=C\C/C=C\C/C=C\C/C=C\C/C=C\C/C=C\C/C=C\C/C=C\CCCCC(=O)NC(COC1OC(CO)C(OC2OC(CO)C(O)C(O)C2O)C(O)C1O)C(O)/C=C/CC/C=C/CC/C=C/CCC. The first-order valence-corrected chi connectivity index (χ1v) is 26.4. The number of allylic oxidation sites excluding steroid dienone is 21. The minimum atomic E-state index is -1.80. The third-order valence-electron chi connectivity index (χ3n) is 11.8. The Kier molecular flexibility index (Phi) is 37.9. The highest BCUT2D eigenvalue weighted by atomic mass is 16.7. The highest BCUT2D eigenvalue weighted by Crippen LogP contribution is 2.30. The molecule has 72 heavy (non-hydrogen) atoms. The van der Waals surface area contributed by atoms with Crippen molar-refractivity contribution < 1.29 is 64.6 Å². The van der Waals surface area contributed by atoms with Crippen LogP contribution in [0.2, 0.25) is 0 Å². The Morgan fingerprint density at radius 3 is 1.46 bits per heavy atom. The van der Waals surface area contributed by atoms with Gasteiger partial charge in [-0.25, -0.2) is 0 Å². The Hall–Kier alpha value is -3.87. The van der Waals surface area contributed by atoms with Crippen LogP contribution in [0.1, 0.15) is 129 Å². The minimum absolute atomic E-state index is 0.204. The average Bonchev–Trinajstić information content (AvgIpc) is 3.38. The zero-order valence-electron chi connectivity index (χ0n) is 43.1. The maximum absolute atomic E-state index is 13.2. The van der Waals surface area contributed by atoms with Gasteiger partial charge in [0.15, 0.2) is 12.6 Å². The number of carbonyl (C=O) groups is 1. The molecule has 1 amide bonds. The van der Waals surface area contributed by atoms with Gasteiger partial charge in [0, 0.05) is 6.42 Å². The molecule has 0 radical (unpaired) electrons. The van der Waals surface area contributed by atoms with Gasteiger partial charge in [0.2, 0.25) is 5.91 Å². The molecular formula is C58H91NO13. The molecule has 2 aliphatic rings. The van der Waals surface area contributed by atoms with Crippen LogP contribution in [0, 0.1) is 0 Å². The number of amides is 1. The first kappa shape index (κ1) is 64.2. The lowest BCUT2D eigenvalue weighted by molar-refractivity contribution is -0.359. The highest BCUT2D eigenvalue weighted by Gasteiger charge is 2.51. The van der Waals surface area contributed by atoms with E-state index in [9.17, 15) is 45.6 Å². The molecule has 0 bridgehead atoms. The molecule has 12 atom stereocenters. The van der Waals surface area contributed by atoms with E-state index in [0.29, 0.717) is 12.8 Å². The maximum atomic E-state index is 13.2. The summed E-state index contributed by atoms with van der Waals surface area (Å²) in [5.41, 5.74) is 0. The number of unbranched alkanes of at least 4 members (excludes halogenated alkanes) is 5. The van der Waals surface area contributed by atoms with E-state index in [1.54, 1.807) is 6.08 Å². The second kappa shape index (κ2) is 42.5. The molecule has 2 saturated heterocycles. The van der Waals surface area contributed by atoms with Crippen molar-refractivity contribution in [2.75, 3.05) is 19.8 Å². The average molecular weight is 1010 g/mol. The second-order valence-electron chi connectivity index (χ2n) is 17.9. The number of aliphatic hydroxyl groups excluding tert-OH is 8. The smallest absolute Gasteiger partial charge is 0.220 e. The maximum Gasteiger partial charge on any atom is 0.220 e. The van der Waals surface area contributed by atoms with Gasteiger partial charge >= 0.3 is 0 Å². The van der Waals surface area contributed by atoms with E-state index in [1.807, 2.05) is 6.08 Å². The van der Waals surface area contributed by atoms with Gasteiger partial charge in [-0.1, -0.05) is 154 Å². The van der Waals surface area contributed by atoms with Crippen LogP contribution in [0.25, 0.3) is 0 Å². The van der Waals surface area contributed by atoms with Gasteiger partial charge in [-0.05, 0) is 103 Å². The monoisotopic (exact) mass is 1010 g/mol. The van der Waals surface area contributed by atoms with Gasteiger partial charge in [-0.3, -0.25) is 4.79 Å². The lowest BCUT2D eigenvalue weighted by Crippen LogP contribution is -2.65. The molecule has 0 aromatic heterocycles. The predicted molar refractivity (Wildman–Crippen MR) is 285 cm³/mol. The summed E-state index contributed by atoms with van der Waals surface area (Å²) in [6, 6.07) is -0.970. The molecule has 2 heterocycles. The first-order valence-electron chi connectivity index (χ1n) is 26.4. The Bertz CT molecular complexity index is 1710. The summed E-state index contributed by atoms with van der Waals surface area (Å²) in [6.07, 6.45) is 45.1. The van der Waals surface area contributed by atoms with Crippen molar-refractivity contribution in [3.63, 3.8) is 0 Å².